The van der Waals surface area contributed by atoms with Gasteiger partial charge in [0, 0.05) is 24.2 Å². The number of nitrogens with one attached hydrogen (secondary N) is 1. The van der Waals surface area contributed by atoms with Gasteiger partial charge in [-0.2, -0.15) is 0 Å². The van der Waals surface area contributed by atoms with Crippen LogP contribution in [0.1, 0.15) is 11.1 Å². The third-order valence-electron chi connectivity index (χ3n) is 3.20. The average molecular weight is 343 g/mol. The minimum Gasteiger partial charge on any atom is -0.497 e. The molecule has 0 atom stereocenters. The van der Waals surface area contributed by atoms with E-state index in [1.54, 1.807) is 31.4 Å². The van der Waals surface area contributed by atoms with E-state index in [0.29, 0.717) is 12.1 Å². The van der Waals surface area contributed by atoms with Gasteiger partial charge in [-0.05, 0) is 17.7 Å². The Morgan fingerprint density at radius 3 is 2.72 bits per heavy atom. The third kappa shape index (κ3) is 5.94. The first-order valence-electron chi connectivity index (χ1n) is 7.38. The van der Waals surface area contributed by atoms with Crippen LogP contribution in [0.5, 0.6) is 5.75 Å². The Balaban J connectivity index is 1.74. The molecule has 0 aliphatic heterocycles. The van der Waals surface area contributed by atoms with Crippen LogP contribution in [0.15, 0.2) is 53.7 Å². The maximum Gasteiger partial charge on any atom is 0.270 e. The first kappa shape index (κ1) is 17.9. The number of nitro benzene ring substituents is 1. The molecule has 2 aromatic carbocycles. The zero-order valence-corrected chi connectivity index (χ0v) is 13.5. The maximum atomic E-state index is 11.7. The van der Waals surface area contributed by atoms with Crippen LogP contribution in [0.2, 0.25) is 0 Å². The van der Waals surface area contributed by atoms with Crippen molar-refractivity contribution >= 4 is 17.8 Å². The fraction of sp³-hybridized carbons (Fsp3) is 0.176. The van der Waals surface area contributed by atoms with E-state index in [2.05, 4.69) is 10.5 Å². The SMILES string of the molecule is COc1ccc(CNC(=O)CO/N=C\c2cccc([N+](=O)[O-])c2)cc1. The van der Waals surface area contributed by atoms with Gasteiger partial charge in [0.05, 0.1) is 18.2 Å². The van der Waals surface area contributed by atoms with Crippen molar-refractivity contribution in [2.45, 2.75) is 6.54 Å². The van der Waals surface area contributed by atoms with Crippen molar-refractivity contribution < 1.29 is 19.3 Å². The van der Waals surface area contributed by atoms with Gasteiger partial charge >= 0.3 is 0 Å². The van der Waals surface area contributed by atoms with Gasteiger partial charge in [0.25, 0.3) is 11.6 Å². The monoisotopic (exact) mass is 343 g/mol. The van der Waals surface area contributed by atoms with Crippen LogP contribution in [0.3, 0.4) is 0 Å². The lowest BCUT2D eigenvalue weighted by atomic mass is 10.2. The van der Waals surface area contributed by atoms with E-state index in [1.165, 1.54) is 18.3 Å². The number of non-ortho nitro benzene ring substituents is 1. The molecule has 0 saturated heterocycles. The van der Waals surface area contributed by atoms with E-state index in [-0.39, 0.29) is 18.2 Å². The number of ether oxygens (including phenoxy) is 1. The van der Waals surface area contributed by atoms with E-state index >= 15 is 0 Å². The number of benzene rings is 2. The number of rotatable bonds is 8. The molecule has 2 aromatic rings. The smallest absolute Gasteiger partial charge is 0.270 e. The number of amides is 1. The molecule has 0 bridgehead atoms. The molecule has 1 amide bonds. The van der Waals surface area contributed by atoms with Gasteiger partial charge in [0.1, 0.15) is 5.75 Å². The lowest BCUT2D eigenvalue weighted by Crippen LogP contribution is -2.26. The molecule has 0 aliphatic rings. The quantitative estimate of drug-likeness (QED) is 0.450. The fourth-order valence-electron chi connectivity index (χ4n) is 1.91. The lowest BCUT2D eigenvalue weighted by molar-refractivity contribution is -0.384. The Labute approximate surface area is 144 Å². The second-order valence-corrected chi connectivity index (χ2v) is 4.98. The van der Waals surface area contributed by atoms with Gasteiger partial charge in [0.2, 0.25) is 0 Å². The van der Waals surface area contributed by atoms with Crippen molar-refractivity contribution in [1.29, 1.82) is 0 Å². The average Bonchev–Trinajstić information content (AvgIpc) is 2.64. The summed E-state index contributed by atoms with van der Waals surface area (Å²) in [6, 6.07) is 13.2. The molecule has 0 spiro atoms. The largest absolute Gasteiger partial charge is 0.497 e. The maximum absolute atomic E-state index is 11.7. The van der Waals surface area contributed by atoms with Crippen LogP contribution < -0.4 is 10.1 Å². The minimum absolute atomic E-state index is 0.0406. The summed E-state index contributed by atoms with van der Waals surface area (Å²) >= 11 is 0. The molecule has 8 heteroatoms. The van der Waals surface area contributed by atoms with Crippen LogP contribution in [0.25, 0.3) is 0 Å². The zero-order chi connectivity index (χ0) is 18.1. The number of hydrogen-bond acceptors (Lipinski definition) is 6. The highest BCUT2D eigenvalue weighted by Gasteiger charge is 2.04. The fourth-order valence-corrected chi connectivity index (χ4v) is 1.91. The molecular formula is C17H17N3O5. The van der Waals surface area contributed by atoms with E-state index in [0.717, 1.165) is 11.3 Å². The minimum atomic E-state index is -0.495. The summed E-state index contributed by atoms with van der Waals surface area (Å²) in [6.45, 7) is 0.113. The Kier molecular flexibility index (Phi) is 6.47. The molecule has 0 aliphatic carbocycles. The summed E-state index contributed by atoms with van der Waals surface area (Å²) in [6.07, 6.45) is 1.31. The van der Waals surface area contributed by atoms with Crippen molar-refractivity contribution in [3.8, 4) is 5.75 Å². The highest BCUT2D eigenvalue weighted by atomic mass is 16.6. The Bertz CT molecular complexity index is 759. The highest BCUT2D eigenvalue weighted by molar-refractivity contribution is 5.80. The first-order chi connectivity index (χ1) is 12.1. The number of carbonyl (C=O) groups is 1. The van der Waals surface area contributed by atoms with Crippen LogP contribution in [0, 0.1) is 10.1 Å². The number of hydrogen-bond donors (Lipinski definition) is 1. The number of oxime groups is 1. The van der Waals surface area contributed by atoms with Crippen molar-refractivity contribution in [1.82, 2.24) is 5.32 Å². The molecule has 0 heterocycles. The predicted octanol–water partition coefficient (Wildman–Crippen LogP) is 2.27. The van der Waals surface area contributed by atoms with E-state index in [9.17, 15) is 14.9 Å². The van der Waals surface area contributed by atoms with Gasteiger partial charge in [0.15, 0.2) is 6.61 Å². The van der Waals surface area contributed by atoms with Gasteiger partial charge in [-0.3, -0.25) is 14.9 Å². The lowest BCUT2D eigenvalue weighted by Gasteiger charge is -2.05. The molecule has 25 heavy (non-hydrogen) atoms. The van der Waals surface area contributed by atoms with E-state index in [1.807, 2.05) is 12.1 Å². The van der Waals surface area contributed by atoms with Crippen molar-refractivity contribution in [3.05, 3.63) is 69.8 Å². The number of carbonyl (C=O) groups excluding carboxylic acids is 1. The number of nitro groups is 1. The van der Waals surface area contributed by atoms with Crippen molar-refractivity contribution in [3.63, 3.8) is 0 Å². The summed E-state index contributed by atoms with van der Waals surface area (Å²) in [5, 5.41) is 17.0. The predicted molar refractivity (Wildman–Crippen MR) is 91.5 cm³/mol. The summed E-state index contributed by atoms with van der Waals surface area (Å²) in [5.74, 6) is 0.418. The second kappa shape index (κ2) is 9.02. The van der Waals surface area contributed by atoms with E-state index in [4.69, 9.17) is 9.57 Å². The normalized spacial score (nSPS) is 10.4. The first-order valence-corrected chi connectivity index (χ1v) is 7.38. The molecule has 2 rings (SSSR count). The highest BCUT2D eigenvalue weighted by Crippen LogP contribution is 2.12. The van der Waals surface area contributed by atoms with Gasteiger partial charge < -0.3 is 14.9 Å². The molecule has 8 nitrogen and oxygen atoms in total. The molecule has 0 unspecified atom stereocenters. The molecule has 0 radical (unpaired) electrons. The number of methoxy groups -OCH3 is 1. The van der Waals surface area contributed by atoms with Crippen molar-refractivity contribution in [2.75, 3.05) is 13.7 Å². The van der Waals surface area contributed by atoms with Crippen LogP contribution >= 0.6 is 0 Å². The zero-order valence-electron chi connectivity index (χ0n) is 13.5. The Morgan fingerprint density at radius 1 is 1.28 bits per heavy atom. The Morgan fingerprint density at radius 2 is 2.04 bits per heavy atom. The van der Waals surface area contributed by atoms with Gasteiger partial charge in [-0.1, -0.05) is 29.4 Å². The summed E-state index contributed by atoms with van der Waals surface area (Å²) < 4.78 is 5.06. The Hall–Kier alpha value is -3.42. The number of nitrogens with zero attached hydrogens (tertiary/aromatic N) is 2. The summed E-state index contributed by atoms with van der Waals surface area (Å²) in [4.78, 5) is 26.7. The standard InChI is InChI=1S/C17H17N3O5/c1-24-16-7-5-13(6-8-16)10-18-17(21)12-25-19-11-14-3-2-4-15(9-14)20(22)23/h2-9,11H,10,12H2,1H3,(H,18,21)/b19-11-. The van der Waals surface area contributed by atoms with Gasteiger partial charge in [-0.25, -0.2) is 0 Å². The molecule has 0 saturated carbocycles. The molecule has 1 N–H and O–H groups in total. The van der Waals surface area contributed by atoms with Crippen molar-refractivity contribution in [2.24, 2.45) is 5.16 Å². The topological polar surface area (TPSA) is 103 Å². The molecular weight excluding hydrogens is 326 g/mol. The second-order valence-electron chi connectivity index (χ2n) is 4.98. The molecule has 130 valence electrons. The third-order valence-corrected chi connectivity index (χ3v) is 3.20. The summed E-state index contributed by atoms with van der Waals surface area (Å²) in [5.41, 5.74) is 1.39. The van der Waals surface area contributed by atoms with Crippen LogP contribution in [0.4, 0.5) is 5.69 Å². The van der Waals surface area contributed by atoms with E-state index < -0.39 is 4.92 Å². The summed E-state index contributed by atoms with van der Waals surface area (Å²) in [7, 11) is 1.59. The van der Waals surface area contributed by atoms with Crippen LogP contribution in [-0.4, -0.2) is 30.8 Å². The van der Waals surface area contributed by atoms with Crippen LogP contribution in [-0.2, 0) is 16.2 Å². The molecule has 0 fully saturated rings. The molecule has 0 aromatic heterocycles. The van der Waals surface area contributed by atoms with Gasteiger partial charge in [-0.15, -0.1) is 0 Å².